The number of rotatable bonds is 10. The van der Waals surface area contributed by atoms with E-state index in [1.165, 1.54) is 0 Å². The summed E-state index contributed by atoms with van der Waals surface area (Å²) in [5.41, 5.74) is 1.97. The van der Waals surface area contributed by atoms with Gasteiger partial charge in [0.1, 0.15) is 17.9 Å². The van der Waals surface area contributed by atoms with Crippen molar-refractivity contribution < 1.29 is 24.5 Å². The van der Waals surface area contributed by atoms with Gasteiger partial charge in [-0.3, -0.25) is 4.79 Å². The number of carbonyl (C=O) groups is 1. The zero-order chi connectivity index (χ0) is 24.1. The number of hydrogen-bond donors (Lipinski definition) is 3. The lowest BCUT2D eigenvalue weighted by Crippen LogP contribution is -2.37. The molecule has 7 nitrogen and oxygen atoms in total. The van der Waals surface area contributed by atoms with Gasteiger partial charge >= 0.3 is 0 Å². The number of aryl methyl sites for hydroxylation is 2. The van der Waals surface area contributed by atoms with Crippen LogP contribution in [-0.4, -0.2) is 54.0 Å². The molecule has 2 aromatic carbocycles. The smallest absolute Gasteiger partial charge is 0.230 e. The minimum atomic E-state index is -1.02. The van der Waals surface area contributed by atoms with Gasteiger partial charge in [0, 0.05) is 16.7 Å². The second kappa shape index (κ2) is 10.4. The van der Waals surface area contributed by atoms with E-state index in [-0.39, 0.29) is 25.7 Å². The largest absolute Gasteiger partial charge is 0.493 e. The van der Waals surface area contributed by atoms with E-state index in [2.05, 4.69) is 16.4 Å². The van der Waals surface area contributed by atoms with Crippen molar-refractivity contribution in [1.29, 1.82) is 0 Å². The molecular weight excluding hydrogens is 420 g/mol. The van der Waals surface area contributed by atoms with Crippen molar-refractivity contribution in [3.63, 3.8) is 0 Å². The maximum Gasteiger partial charge on any atom is 0.230 e. The summed E-state index contributed by atoms with van der Waals surface area (Å²) in [4.78, 5) is 17.3. The molecule has 0 radical (unpaired) electrons. The van der Waals surface area contributed by atoms with Gasteiger partial charge in [0.2, 0.25) is 11.8 Å². The molecular formula is C26H34N2O5. The van der Waals surface area contributed by atoms with E-state index >= 15 is 0 Å². The molecule has 0 aromatic heterocycles. The average Bonchev–Trinajstić information content (AvgIpc) is 3.24. The second-order valence-corrected chi connectivity index (χ2v) is 9.39. The van der Waals surface area contributed by atoms with E-state index in [1.54, 1.807) is 12.1 Å². The molecule has 0 fully saturated rings. The van der Waals surface area contributed by atoms with Crippen LogP contribution >= 0.6 is 0 Å². The van der Waals surface area contributed by atoms with Crippen molar-refractivity contribution in [3.8, 4) is 5.75 Å². The number of aliphatic hydroxyl groups excluding tert-OH is 2. The Morgan fingerprint density at radius 3 is 2.64 bits per heavy atom. The zero-order valence-electron chi connectivity index (χ0n) is 19.9. The number of amides is 1. The Hall–Kier alpha value is -2.90. The third-order valence-corrected chi connectivity index (χ3v) is 5.93. The van der Waals surface area contributed by atoms with Crippen LogP contribution in [0.5, 0.6) is 5.75 Å². The Morgan fingerprint density at radius 1 is 1.18 bits per heavy atom. The Bertz CT molecular complexity index is 1010. The average molecular weight is 455 g/mol. The predicted molar refractivity (Wildman–Crippen MR) is 129 cm³/mol. The summed E-state index contributed by atoms with van der Waals surface area (Å²) in [5.74, 6) is 1.15. The zero-order valence-corrected chi connectivity index (χ0v) is 19.9. The molecule has 1 aliphatic rings. The molecule has 0 saturated carbocycles. The Kier molecular flexibility index (Phi) is 7.76. The molecule has 0 atom stereocenters. The second-order valence-electron chi connectivity index (χ2n) is 9.39. The first-order valence-corrected chi connectivity index (χ1v) is 11.2. The summed E-state index contributed by atoms with van der Waals surface area (Å²) >= 11 is 0. The number of nitrogens with one attached hydrogen (secondary N) is 1. The lowest BCUT2D eigenvalue weighted by atomic mass is 9.87. The fourth-order valence-electron chi connectivity index (χ4n) is 3.55. The number of nitrogens with zero attached hydrogens (tertiary/aromatic N) is 1. The molecule has 0 saturated heterocycles. The van der Waals surface area contributed by atoms with E-state index in [4.69, 9.17) is 9.47 Å². The van der Waals surface area contributed by atoms with Gasteiger partial charge in [0.15, 0.2) is 0 Å². The molecule has 7 heteroatoms. The Labute approximate surface area is 195 Å². The van der Waals surface area contributed by atoms with Crippen molar-refractivity contribution >= 4 is 17.5 Å². The van der Waals surface area contributed by atoms with Crippen molar-refractivity contribution in [1.82, 2.24) is 0 Å². The molecule has 0 spiro atoms. The van der Waals surface area contributed by atoms with Gasteiger partial charge < -0.3 is 25.0 Å². The van der Waals surface area contributed by atoms with Gasteiger partial charge in [-0.25, -0.2) is 4.99 Å². The minimum Gasteiger partial charge on any atom is -0.493 e. The van der Waals surface area contributed by atoms with Crippen LogP contribution in [0.2, 0.25) is 0 Å². The van der Waals surface area contributed by atoms with Crippen molar-refractivity contribution in [2.45, 2.75) is 46.1 Å². The summed E-state index contributed by atoms with van der Waals surface area (Å²) in [6.07, 6.45) is 1.43. The van der Waals surface area contributed by atoms with E-state index in [0.717, 1.165) is 23.3 Å². The summed E-state index contributed by atoms with van der Waals surface area (Å²) in [7, 11) is 0. The Balaban J connectivity index is 1.56. The summed E-state index contributed by atoms with van der Waals surface area (Å²) < 4.78 is 11.5. The molecule has 0 bridgehead atoms. The summed E-state index contributed by atoms with van der Waals surface area (Å²) in [6.45, 7) is 7.96. The van der Waals surface area contributed by atoms with Gasteiger partial charge in [0.25, 0.3) is 0 Å². The van der Waals surface area contributed by atoms with Crippen LogP contribution in [0, 0.1) is 19.3 Å². The molecule has 0 unspecified atom stereocenters. The highest BCUT2D eigenvalue weighted by atomic mass is 16.5. The predicted octanol–water partition coefficient (Wildman–Crippen LogP) is 3.63. The fraction of sp³-hybridized carbons (Fsp3) is 0.462. The number of aliphatic imine (C=N–C) groups is 1. The topological polar surface area (TPSA) is 100 Å². The van der Waals surface area contributed by atoms with E-state index in [0.29, 0.717) is 30.2 Å². The van der Waals surface area contributed by atoms with Gasteiger partial charge in [-0.1, -0.05) is 32.0 Å². The molecule has 3 N–H and O–H groups in total. The summed E-state index contributed by atoms with van der Waals surface area (Å²) in [6, 6.07) is 13.3. The molecule has 1 aliphatic heterocycles. The van der Waals surface area contributed by atoms with Crippen LogP contribution in [0.15, 0.2) is 47.5 Å². The molecule has 0 aliphatic carbocycles. The lowest BCUT2D eigenvalue weighted by molar-refractivity contribution is -0.124. The monoisotopic (exact) mass is 454 g/mol. The normalized spacial score (nSPS) is 15.0. The molecule has 3 rings (SSSR count). The lowest BCUT2D eigenvalue weighted by Gasteiger charge is -2.24. The number of aliphatic hydroxyl groups is 2. The molecule has 33 heavy (non-hydrogen) atoms. The quantitative estimate of drug-likeness (QED) is 0.476. The third-order valence-electron chi connectivity index (χ3n) is 5.93. The van der Waals surface area contributed by atoms with E-state index in [9.17, 15) is 15.0 Å². The first-order chi connectivity index (χ1) is 15.7. The highest BCUT2D eigenvalue weighted by molar-refractivity contribution is 5.99. The molecule has 1 amide bonds. The van der Waals surface area contributed by atoms with E-state index in [1.807, 2.05) is 52.0 Å². The number of ether oxygens (including phenoxy) is 2. The van der Waals surface area contributed by atoms with Crippen molar-refractivity contribution in [2.75, 3.05) is 31.7 Å². The first kappa shape index (κ1) is 24.7. The van der Waals surface area contributed by atoms with Gasteiger partial charge in [-0.05, 0) is 62.1 Å². The van der Waals surface area contributed by atoms with Crippen LogP contribution < -0.4 is 10.1 Å². The standard InChI is InChI=1S/C26H34N2O5/c1-18-9-10-19(2)22(13-18)32-12-6-11-25(3,4)24(31)27-21-8-5-7-20(14-21)23-28-26(15-29,16-30)17-33-23/h5,7-10,13-14,29-30H,6,11-12,15-17H2,1-4H3,(H,27,31). The van der Waals surface area contributed by atoms with Crippen LogP contribution in [0.1, 0.15) is 43.4 Å². The highest BCUT2D eigenvalue weighted by Crippen LogP contribution is 2.27. The molecule has 178 valence electrons. The minimum absolute atomic E-state index is 0.0827. The fourth-order valence-corrected chi connectivity index (χ4v) is 3.55. The van der Waals surface area contributed by atoms with E-state index < -0.39 is 11.0 Å². The Morgan fingerprint density at radius 2 is 1.94 bits per heavy atom. The van der Waals surface area contributed by atoms with Crippen LogP contribution in [0.4, 0.5) is 5.69 Å². The number of carbonyl (C=O) groups excluding carboxylic acids is 1. The SMILES string of the molecule is Cc1ccc(C)c(OCCCC(C)(C)C(=O)Nc2cccc(C3=NC(CO)(CO)CO3)c2)c1. The number of benzene rings is 2. The number of anilines is 1. The van der Waals surface area contributed by atoms with Gasteiger partial charge in [-0.15, -0.1) is 0 Å². The molecule has 1 heterocycles. The van der Waals surface area contributed by atoms with Crippen LogP contribution in [0.25, 0.3) is 0 Å². The number of hydrogen-bond acceptors (Lipinski definition) is 6. The maximum atomic E-state index is 12.9. The van der Waals surface area contributed by atoms with Crippen molar-refractivity contribution in [3.05, 3.63) is 59.2 Å². The maximum absolute atomic E-state index is 12.9. The van der Waals surface area contributed by atoms with Crippen LogP contribution in [0.3, 0.4) is 0 Å². The van der Waals surface area contributed by atoms with Gasteiger partial charge in [0.05, 0.1) is 19.8 Å². The third kappa shape index (κ3) is 6.12. The summed E-state index contributed by atoms with van der Waals surface area (Å²) in [5, 5.41) is 22.0. The van der Waals surface area contributed by atoms with Gasteiger partial charge in [-0.2, -0.15) is 0 Å². The first-order valence-electron chi connectivity index (χ1n) is 11.2. The highest BCUT2D eigenvalue weighted by Gasteiger charge is 2.36. The molecule has 2 aromatic rings. The van der Waals surface area contributed by atoms with Crippen molar-refractivity contribution in [2.24, 2.45) is 10.4 Å². The van der Waals surface area contributed by atoms with Crippen LogP contribution in [-0.2, 0) is 9.53 Å².